The summed E-state index contributed by atoms with van der Waals surface area (Å²) in [5, 5.41) is 9.19. The van der Waals surface area contributed by atoms with Crippen LogP contribution in [0.1, 0.15) is 11.1 Å². The van der Waals surface area contributed by atoms with E-state index in [4.69, 9.17) is 0 Å². The number of rotatable bonds is 2. The number of carbonyl (C=O) groups is 2. The van der Waals surface area contributed by atoms with Crippen LogP contribution in [-0.4, -0.2) is 23.9 Å². The normalized spacial score (nSPS) is 22.0. The van der Waals surface area contributed by atoms with Crippen molar-refractivity contribution in [3.05, 3.63) is 59.4 Å². The number of imide groups is 1. The number of aryl methyl sites for hydroxylation is 2. The quantitative estimate of drug-likeness (QED) is 0.791. The zero-order valence-corrected chi connectivity index (χ0v) is 13.7. The number of fused-ring (bicyclic) bond motifs is 1. The molecule has 2 atom stereocenters. The fourth-order valence-electron chi connectivity index (χ4n) is 3.33. The average molecular weight is 338 g/mol. The van der Waals surface area contributed by atoms with Crippen molar-refractivity contribution in [3.63, 3.8) is 0 Å². The van der Waals surface area contributed by atoms with Crippen LogP contribution in [0.3, 0.4) is 0 Å². The summed E-state index contributed by atoms with van der Waals surface area (Å²) in [6.45, 7) is 3.81. The highest BCUT2D eigenvalue weighted by molar-refractivity contribution is 6.26. The first kappa shape index (κ1) is 15.4. The molecule has 0 radical (unpaired) electrons. The van der Waals surface area contributed by atoms with Crippen LogP contribution in [0.5, 0.6) is 0 Å². The number of benzene rings is 2. The first-order valence-corrected chi connectivity index (χ1v) is 7.87. The van der Waals surface area contributed by atoms with Gasteiger partial charge >= 0.3 is 0 Å². The molecular formula is C18H15FN4O2. The van der Waals surface area contributed by atoms with Gasteiger partial charge in [-0.25, -0.2) is 14.3 Å². The highest BCUT2D eigenvalue weighted by atomic mass is 19.1. The van der Waals surface area contributed by atoms with Crippen LogP contribution in [0, 0.1) is 19.7 Å². The molecule has 25 heavy (non-hydrogen) atoms. The van der Waals surface area contributed by atoms with E-state index in [1.165, 1.54) is 23.2 Å². The van der Waals surface area contributed by atoms with Gasteiger partial charge in [-0.2, -0.15) is 5.11 Å². The second kappa shape index (κ2) is 5.47. The Bertz CT molecular complexity index is 907. The number of nitrogens with zero attached hydrogens (tertiary/aromatic N) is 4. The lowest BCUT2D eigenvalue weighted by molar-refractivity contribution is -0.121. The molecule has 0 unspecified atom stereocenters. The molecule has 0 aromatic heterocycles. The summed E-state index contributed by atoms with van der Waals surface area (Å²) in [7, 11) is 0. The third kappa shape index (κ3) is 2.39. The molecule has 0 aliphatic carbocycles. The van der Waals surface area contributed by atoms with Crippen molar-refractivity contribution in [1.82, 2.24) is 0 Å². The van der Waals surface area contributed by atoms with Crippen molar-refractivity contribution in [2.75, 3.05) is 9.91 Å². The molecule has 0 spiro atoms. The first-order chi connectivity index (χ1) is 12.0. The average Bonchev–Trinajstić information content (AvgIpc) is 3.07. The van der Waals surface area contributed by atoms with Gasteiger partial charge in [0.25, 0.3) is 11.8 Å². The van der Waals surface area contributed by atoms with Gasteiger partial charge in [0.05, 0.1) is 11.4 Å². The van der Waals surface area contributed by atoms with E-state index in [-0.39, 0.29) is 0 Å². The Balaban J connectivity index is 1.73. The van der Waals surface area contributed by atoms with Gasteiger partial charge in [0.15, 0.2) is 12.1 Å². The van der Waals surface area contributed by atoms with E-state index in [0.717, 1.165) is 16.0 Å². The van der Waals surface area contributed by atoms with Crippen molar-refractivity contribution in [3.8, 4) is 0 Å². The Morgan fingerprint density at radius 2 is 1.68 bits per heavy atom. The summed E-state index contributed by atoms with van der Waals surface area (Å²) < 4.78 is 13.5. The number of halogens is 1. The topological polar surface area (TPSA) is 65.3 Å². The number of amides is 2. The minimum atomic E-state index is -0.906. The highest BCUT2D eigenvalue weighted by Gasteiger charge is 2.55. The fourth-order valence-corrected chi connectivity index (χ4v) is 3.33. The second-order valence-electron chi connectivity index (χ2n) is 6.28. The Kier molecular flexibility index (Phi) is 3.38. The van der Waals surface area contributed by atoms with E-state index >= 15 is 0 Å². The summed E-state index contributed by atoms with van der Waals surface area (Å²) in [5.74, 6) is -1.27. The molecule has 2 heterocycles. The molecular weight excluding hydrogens is 323 g/mol. The van der Waals surface area contributed by atoms with E-state index in [9.17, 15) is 14.0 Å². The third-order valence-electron chi connectivity index (χ3n) is 4.32. The summed E-state index contributed by atoms with van der Waals surface area (Å²) in [6.07, 6.45) is 0. The number of anilines is 2. The zero-order valence-electron chi connectivity index (χ0n) is 13.7. The largest absolute Gasteiger partial charge is 0.271 e. The van der Waals surface area contributed by atoms with Crippen LogP contribution in [0.4, 0.5) is 15.8 Å². The molecule has 0 bridgehead atoms. The Morgan fingerprint density at radius 3 is 2.36 bits per heavy atom. The van der Waals surface area contributed by atoms with Gasteiger partial charge in [-0.3, -0.25) is 9.59 Å². The minimum Gasteiger partial charge on any atom is -0.271 e. The van der Waals surface area contributed by atoms with Gasteiger partial charge in [0.2, 0.25) is 0 Å². The zero-order chi connectivity index (χ0) is 17.7. The lowest BCUT2D eigenvalue weighted by Crippen LogP contribution is -2.40. The van der Waals surface area contributed by atoms with Gasteiger partial charge in [-0.05, 0) is 55.3 Å². The third-order valence-corrected chi connectivity index (χ3v) is 4.32. The summed E-state index contributed by atoms with van der Waals surface area (Å²) >= 11 is 0. The lowest BCUT2D eigenvalue weighted by atomic mass is 10.1. The monoisotopic (exact) mass is 338 g/mol. The Hall–Kier alpha value is -3.09. The van der Waals surface area contributed by atoms with E-state index in [2.05, 4.69) is 10.3 Å². The fraction of sp³-hybridized carbons (Fsp3) is 0.222. The molecule has 2 aromatic carbocycles. The maximum absolute atomic E-state index is 13.5. The maximum Gasteiger partial charge on any atom is 0.263 e. The van der Waals surface area contributed by atoms with Crippen LogP contribution in [0.2, 0.25) is 0 Å². The van der Waals surface area contributed by atoms with Gasteiger partial charge in [0.1, 0.15) is 5.82 Å². The van der Waals surface area contributed by atoms with Crippen molar-refractivity contribution in [2.45, 2.75) is 25.9 Å². The molecule has 1 saturated heterocycles. The van der Waals surface area contributed by atoms with E-state index in [1.807, 2.05) is 19.9 Å². The molecule has 4 rings (SSSR count). The second-order valence-corrected chi connectivity index (χ2v) is 6.28. The van der Waals surface area contributed by atoms with Gasteiger partial charge < -0.3 is 0 Å². The lowest BCUT2D eigenvalue weighted by Gasteiger charge is -2.21. The first-order valence-electron chi connectivity index (χ1n) is 7.87. The van der Waals surface area contributed by atoms with Gasteiger partial charge in [0, 0.05) is 0 Å². The highest BCUT2D eigenvalue weighted by Crippen LogP contribution is 2.35. The van der Waals surface area contributed by atoms with Crippen molar-refractivity contribution < 1.29 is 14.0 Å². The summed E-state index contributed by atoms with van der Waals surface area (Å²) in [4.78, 5) is 26.8. The van der Waals surface area contributed by atoms with Crippen LogP contribution in [0.25, 0.3) is 0 Å². The van der Waals surface area contributed by atoms with Crippen LogP contribution < -0.4 is 9.91 Å². The molecule has 0 saturated carbocycles. The number of hydrogen-bond acceptors (Lipinski definition) is 5. The molecule has 2 aromatic rings. The standard InChI is InChI=1S/C18H15FN4O2/c1-10-6-11(2)8-14(7-10)22-17(24)15-16(18(22)25)23(21-20-15)13-5-3-4-12(19)9-13/h3-9,15-16H,1-2H3/t15-,16+/m1/s1. The molecule has 1 fully saturated rings. The van der Waals surface area contributed by atoms with Crippen LogP contribution >= 0.6 is 0 Å². The summed E-state index contributed by atoms with van der Waals surface area (Å²) in [6, 6.07) is 9.47. The predicted molar refractivity (Wildman–Crippen MR) is 89.7 cm³/mol. The SMILES string of the molecule is Cc1cc(C)cc(N2C(=O)[C@@H]3[C@@H](N=NN3c3cccc(F)c3)C2=O)c1. The molecule has 0 N–H and O–H groups in total. The number of hydrogen-bond donors (Lipinski definition) is 0. The summed E-state index contributed by atoms with van der Waals surface area (Å²) in [5.41, 5.74) is 2.82. The smallest absolute Gasteiger partial charge is 0.263 e. The molecule has 2 aliphatic heterocycles. The van der Waals surface area contributed by atoms with Crippen LogP contribution in [0.15, 0.2) is 52.8 Å². The molecule has 126 valence electrons. The van der Waals surface area contributed by atoms with Crippen molar-refractivity contribution >= 4 is 23.2 Å². The Labute approximate surface area is 143 Å². The number of carbonyl (C=O) groups excluding carboxylic acids is 2. The predicted octanol–water partition coefficient (Wildman–Crippen LogP) is 2.94. The minimum absolute atomic E-state index is 0.389. The Morgan fingerprint density at radius 1 is 0.960 bits per heavy atom. The molecule has 2 aliphatic rings. The van der Waals surface area contributed by atoms with E-state index in [0.29, 0.717) is 11.4 Å². The van der Waals surface area contributed by atoms with Crippen molar-refractivity contribution in [2.24, 2.45) is 10.3 Å². The van der Waals surface area contributed by atoms with Crippen LogP contribution in [-0.2, 0) is 9.59 Å². The molecule has 7 heteroatoms. The molecule has 6 nitrogen and oxygen atoms in total. The van der Waals surface area contributed by atoms with E-state index < -0.39 is 29.7 Å². The van der Waals surface area contributed by atoms with Crippen molar-refractivity contribution in [1.29, 1.82) is 0 Å². The van der Waals surface area contributed by atoms with Gasteiger partial charge in [-0.15, -0.1) is 0 Å². The molecule has 2 amide bonds. The maximum atomic E-state index is 13.5. The van der Waals surface area contributed by atoms with E-state index in [1.54, 1.807) is 18.2 Å². The van der Waals surface area contributed by atoms with Gasteiger partial charge in [-0.1, -0.05) is 17.4 Å².